The number of nitrogens with two attached hydrogens (primary N) is 1. The van der Waals surface area contributed by atoms with Crippen LogP contribution in [0.3, 0.4) is 0 Å². The third-order valence-corrected chi connectivity index (χ3v) is 3.66. The molecule has 0 aliphatic heterocycles. The summed E-state index contributed by atoms with van der Waals surface area (Å²) in [6.45, 7) is 1.90. The Bertz CT molecular complexity index is 798. The summed E-state index contributed by atoms with van der Waals surface area (Å²) < 4.78 is 16.1. The molecule has 2 aromatic carbocycles. The van der Waals surface area contributed by atoms with E-state index < -0.39 is 5.82 Å². The Morgan fingerprint density at radius 3 is 2.86 bits per heavy atom. The summed E-state index contributed by atoms with van der Waals surface area (Å²) in [6.07, 6.45) is 0. The van der Waals surface area contributed by atoms with E-state index in [2.05, 4.69) is 31.5 Å². The van der Waals surface area contributed by atoms with Crippen LogP contribution in [0.15, 0.2) is 40.9 Å². The van der Waals surface area contributed by atoms with E-state index >= 15 is 0 Å². The minimum absolute atomic E-state index is 0.255. The molecule has 3 aromatic rings. The normalized spacial score (nSPS) is 10.8. The highest BCUT2D eigenvalue weighted by molar-refractivity contribution is 9.10. The van der Waals surface area contributed by atoms with Gasteiger partial charge >= 0.3 is 0 Å². The van der Waals surface area contributed by atoms with Gasteiger partial charge in [-0.15, -0.1) is 5.10 Å². The molecule has 0 saturated carbocycles. The lowest BCUT2D eigenvalue weighted by Gasteiger charge is -2.09. The number of anilines is 1. The zero-order chi connectivity index (χ0) is 15.0. The molecular weight excluding hydrogens is 337 g/mol. The summed E-state index contributed by atoms with van der Waals surface area (Å²) in [5.41, 5.74) is 8.48. The van der Waals surface area contributed by atoms with Crippen molar-refractivity contribution in [3.05, 3.63) is 52.3 Å². The number of nitrogen functional groups attached to an aromatic ring is 1. The number of tetrazole rings is 1. The molecule has 1 aromatic heterocycles. The summed E-state index contributed by atoms with van der Waals surface area (Å²) in [4.78, 5) is 0. The van der Waals surface area contributed by atoms with Crippen LogP contribution in [-0.4, -0.2) is 20.2 Å². The Balaban J connectivity index is 2.22. The summed E-state index contributed by atoms with van der Waals surface area (Å²) in [5, 5.41) is 11.5. The molecule has 0 saturated heterocycles. The van der Waals surface area contributed by atoms with Gasteiger partial charge in [-0.2, -0.15) is 4.68 Å². The van der Waals surface area contributed by atoms with Gasteiger partial charge in [0.05, 0.1) is 0 Å². The first-order valence-corrected chi connectivity index (χ1v) is 6.96. The third-order valence-electron chi connectivity index (χ3n) is 3.17. The molecule has 7 heteroatoms. The van der Waals surface area contributed by atoms with Crippen molar-refractivity contribution in [1.29, 1.82) is 0 Å². The number of hydrogen-bond acceptors (Lipinski definition) is 4. The standard InChI is InChI=1S/C14H11BrFN5/c1-8-3-2-4-10(13(8)17)14-18-19-20-21(14)12-7-9(15)5-6-11(12)16/h2-7H,17H2,1H3. The molecule has 0 unspecified atom stereocenters. The number of para-hydroxylation sites is 1. The van der Waals surface area contributed by atoms with E-state index in [1.807, 2.05) is 19.1 Å². The molecule has 2 N–H and O–H groups in total. The minimum Gasteiger partial charge on any atom is -0.398 e. The summed E-state index contributed by atoms with van der Waals surface area (Å²) in [7, 11) is 0. The molecule has 0 spiro atoms. The molecule has 0 amide bonds. The smallest absolute Gasteiger partial charge is 0.189 e. The lowest BCUT2D eigenvalue weighted by molar-refractivity contribution is 0.607. The second-order valence-corrected chi connectivity index (χ2v) is 5.46. The highest BCUT2D eigenvalue weighted by Crippen LogP contribution is 2.29. The number of halogens is 2. The molecule has 0 aliphatic rings. The Kier molecular flexibility index (Phi) is 3.42. The van der Waals surface area contributed by atoms with Crippen molar-refractivity contribution in [2.75, 3.05) is 5.73 Å². The monoisotopic (exact) mass is 347 g/mol. The predicted octanol–water partition coefficient (Wildman–Crippen LogP) is 3.12. The van der Waals surface area contributed by atoms with Crippen LogP contribution >= 0.6 is 15.9 Å². The van der Waals surface area contributed by atoms with E-state index in [1.165, 1.54) is 10.7 Å². The first-order valence-electron chi connectivity index (χ1n) is 6.17. The van der Waals surface area contributed by atoms with Crippen LogP contribution in [0, 0.1) is 12.7 Å². The van der Waals surface area contributed by atoms with Crippen LogP contribution in [0.25, 0.3) is 17.1 Å². The van der Waals surface area contributed by atoms with E-state index in [4.69, 9.17) is 5.73 Å². The van der Waals surface area contributed by atoms with Gasteiger partial charge in [-0.3, -0.25) is 0 Å². The topological polar surface area (TPSA) is 69.6 Å². The molecular formula is C14H11BrFN5. The van der Waals surface area contributed by atoms with Crippen molar-refractivity contribution in [3.63, 3.8) is 0 Å². The first kappa shape index (κ1) is 13.7. The van der Waals surface area contributed by atoms with Gasteiger partial charge in [-0.05, 0) is 47.2 Å². The van der Waals surface area contributed by atoms with Gasteiger partial charge in [0.1, 0.15) is 11.5 Å². The molecule has 0 aliphatic carbocycles. The zero-order valence-corrected chi connectivity index (χ0v) is 12.7. The van der Waals surface area contributed by atoms with Gasteiger partial charge in [0.25, 0.3) is 0 Å². The van der Waals surface area contributed by atoms with Crippen LogP contribution in [0.4, 0.5) is 10.1 Å². The van der Waals surface area contributed by atoms with Crippen molar-refractivity contribution >= 4 is 21.6 Å². The van der Waals surface area contributed by atoms with Crippen molar-refractivity contribution in [3.8, 4) is 17.1 Å². The van der Waals surface area contributed by atoms with Crippen molar-refractivity contribution < 1.29 is 4.39 Å². The van der Waals surface area contributed by atoms with Crippen molar-refractivity contribution in [2.24, 2.45) is 0 Å². The van der Waals surface area contributed by atoms with Gasteiger partial charge < -0.3 is 5.73 Å². The van der Waals surface area contributed by atoms with Gasteiger partial charge in [0, 0.05) is 15.7 Å². The average Bonchev–Trinajstić information content (AvgIpc) is 2.93. The van der Waals surface area contributed by atoms with Crippen LogP contribution in [0.1, 0.15) is 5.56 Å². The molecule has 21 heavy (non-hydrogen) atoms. The maximum absolute atomic E-state index is 14.0. The number of aryl methyl sites for hydroxylation is 1. The number of aromatic nitrogens is 4. The molecule has 0 bridgehead atoms. The fraction of sp³-hybridized carbons (Fsp3) is 0.0714. The maximum Gasteiger partial charge on any atom is 0.189 e. The summed E-state index contributed by atoms with van der Waals surface area (Å²) in [5.74, 6) is -0.0221. The van der Waals surface area contributed by atoms with Gasteiger partial charge in [0.15, 0.2) is 5.82 Å². The zero-order valence-electron chi connectivity index (χ0n) is 11.1. The predicted molar refractivity (Wildman–Crippen MR) is 81.4 cm³/mol. The number of nitrogens with zero attached hydrogens (tertiary/aromatic N) is 4. The van der Waals surface area contributed by atoms with Crippen LogP contribution in [0.5, 0.6) is 0 Å². The number of hydrogen-bond donors (Lipinski definition) is 1. The highest BCUT2D eigenvalue weighted by atomic mass is 79.9. The van der Waals surface area contributed by atoms with Crippen LogP contribution in [-0.2, 0) is 0 Å². The third kappa shape index (κ3) is 2.40. The minimum atomic E-state index is -0.419. The second-order valence-electron chi connectivity index (χ2n) is 4.55. The SMILES string of the molecule is Cc1cccc(-c2nnnn2-c2cc(Br)ccc2F)c1N. The molecule has 5 nitrogen and oxygen atoms in total. The lowest BCUT2D eigenvalue weighted by Crippen LogP contribution is -2.04. The van der Waals surface area contributed by atoms with E-state index in [0.717, 1.165) is 10.0 Å². The van der Waals surface area contributed by atoms with Crippen LogP contribution in [0.2, 0.25) is 0 Å². The largest absolute Gasteiger partial charge is 0.398 e. The maximum atomic E-state index is 14.0. The van der Waals surface area contributed by atoms with E-state index in [0.29, 0.717) is 17.1 Å². The van der Waals surface area contributed by atoms with Gasteiger partial charge in [-0.25, -0.2) is 4.39 Å². The lowest BCUT2D eigenvalue weighted by atomic mass is 10.1. The molecule has 1 heterocycles. The Hall–Kier alpha value is -2.28. The average molecular weight is 348 g/mol. The molecule has 0 atom stereocenters. The number of benzene rings is 2. The fourth-order valence-corrected chi connectivity index (χ4v) is 2.39. The summed E-state index contributed by atoms with van der Waals surface area (Å²) in [6, 6.07) is 10.1. The van der Waals surface area contributed by atoms with Crippen molar-refractivity contribution in [2.45, 2.75) is 6.92 Å². The summed E-state index contributed by atoms with van der Waals surface area (Å²) >= 11 is 3.32. The van der Waals surface area contributed by atoms with Crippen molar-refractivity contribution in [1.82, 2.24) is 20.2 Å². The quantitative estimate of drug-likeness (QED) is 0.723. The van der Waals surface area contributed by atoms with E-state index in [1.54, 1.807) is 18.2 Å². The second kappa shape index (κ2) is 5.25. The molecule has 3 rings (SSSR count). The molecule has 106 valence electrons. The Morgan fingerprint density at radius 2 is 2.05 bits per heavy atom. The Labute approximate surface area is 128 Å². The van der Waals surface area contributed by atoms with E-state index in [-0.39, 0.29) is 5.69 Å². The van der Waals surface area contributed by atoms with Gasteiger partial charge in [0.2, 0.25) is 0 Å². The highest BCUT2D eigenvalue weighted by Gasteiger charge is 2.17. The molecule has 0 radical (unpaired) electrons. The Morgan fingerprint density at radius 1 is 1.24 bits per heavy atom. The molecule has 0 fully saturated rings. The van der Waals surface area contributed by atoms with Gasteiger partial charge in [-0.1, -0.05) is 28.1 Å². The number of rotatable bonds is 2. The fourth-order valence-electron chi connectivity index (χ4n) is 2.04. The van der Waals surface area contributed by atoms with E-state index in [9.17, 15) is 4.39 Å². The van der Waals surface area contributed by atoms with Crippen LogP contribution < -0.4 is 5.73 Å². The first-order chi connectivity index (χ1) is 10.1.